The first-order valence-electron chi connectivity index (χ1n) is 13.1. The fourth-order valence-corrected chi connectivity index (χ4v) is 6.59. The maximum atomic E-state index is 12.7. The number of hydrogen-bond donors (Lipinski definition) is 2. The average Bonchev–Trinajstić information content (AvgIpc) is 3.59. The number of thiophene rings is 1. The molecule has 4 atom stereocenters. The molecule has 2 aromatic carbocycles. The molecule has 6 heteroatoms. The van der Waals surface area contributed by atoms with Crippen LogP contribution in [0.15, 0.2) is 89.7 Å². The van der Waals surface area contributed by atoms with Crippen LogP contribution in [-0.2, 0) is 11.2 Å². The summed E-state index contributed by atoms with van der Waals surface area (Å²) in [4.78, 5) is 0. The van der Waals surface area contributed by atoms with Crippen LogP contribution in [0, 0.1) is 5.92 Å². The highest BCUT2D eigenvalue weighted by Gasteiger charge is 2.73. The molecule has 0 bridgehead atoms. The third kappa shape index (κ3) is 3.99. The van der Waals surface area contributed by atoms with Crippen molar-refractivity contribution >= 4 is 11.3 Å². The summed E-state index contributed by atoms with van der Waals surface area (Å²) in [6.07, 6.45) is 6.87. The molecule has 2 aliphatic rings. The third-order valence-electron chi connectivity index (χ3n) is 7.53. The van der Waals surface area contributed by atoms with E-state index < -0.39 is 23.2 Å². The van der Waals surface area contributed by atoms with Gasteiger partial charge in [0.2, 0.25) is 0 Å². The maximum Gasteiger partial charge on any atom is 0.176 e. The van der Waals surface area contributed by atoms with E-state index in [0.29, 0.717) is 36.0 Å². The smallest absolute Gasteiger partial charge is 0.176 e. The fourth-order valence-electron chi connectivity index (χ4n) is 5.93. The first-order valence-corrected chi connectivity index (χ1v) is 14.0. The molecule has 1 fully saturated rings. The Labute approximate surface area is 228 Å². The first kappa shape index (κ1) is 26.3. The standard InChI is InChI=1S/C32H34O5S/c1-5-8-9-10-21(4)26-19-29(33)31(34)30-27(36-7-3)17-25(35-6-2)18-28(30)37-32(26,31)24-13-11-22(12-14-24)23-15-16-38-20-23/h5,8-18,20,26,29,33-34H,4,6-7,19H2,1-3H3/b8-5-,10-9-/t26-,29+,31+,32-/m0/s1. The zero-order valence-electron chi connectivity index (χ0n) is 22.0. The molecule has 0 unspecified atom stereocenters. The first-order chi connectivity index (χ1) is 18.4. The Morgan fingerprint density at radius 2 is 1.87 bits per heavy atom. The van der Waals surface area contributed by atoms with Gasteiger partial charge >= 0.3 is 0 Å². The molecule has 198 valence electrons. The molecule has 1 aliphatic heterocycles. The van der Waals surface area contributed by atoms with Crippen LogP contribution >= 0.6 is 11.3 Å². The molecule has 0 amide bonds. The van der Waals surface area contributed by atoms with E-state index in [9.17, 15) is 10.2 Å². The van der Waals surface area contributed by atoms with Gasteiger partial charge in [-0.15, -0.1) is 0 Å². The Morgan fingerprint density at radius 1 is 1.11 bits per heavy atom. The normalized spacial score (nSPS) is 25.9. The lowest BCUT2D eigenvalue weighted by molar-refractivity contribution is -0.153. The summed E-state index contributed by atoms with van der Waals surface area (Å²) < 4.78 is 18.6. The molecular formula is C32H34O5S. The predicted octanol–water partition coefficient (Wildman–Crippen LogP) is 6.76. The van der Waals surface area contributed by atoms with Crippen LogP contribution < -0.4 is 14.2 Å². The summed E-state index contributed by atoms with van der Waals surface area (Å²) in [5, 5.41) is 28.4. The van der Waals surface area contributed by atoms with E-state index in [0.717, 1.165) is 22.3 Å². The number of aliphatic hydroxyl groups excluding tert-OH is 1. The van der Waals surface area contributed by atoms with E-state index >= 15 is 0 Å². The van der Waals surface area contributed by atoms with Gasteiger partial charge < -0.3 is 24.4 Å². The zero-order chi connectivity index (χ0) is 26.9. The van der Waals surface area contributed by atoms with E-state index in [-0.39, 0.29) is 6.42 Å². The van der Waals surface area contributed by atoms with Crippen LogP contribution in [0.4, 0.5) is 0 Å². The van der Waals surface area contributed by atoms with Gasteiger partial charge in [0.15, 0.2) is 11.2 Å². The molecule has 0 saturated heterocycles. The second kappa shape index (κ2) is 10.4. The van der Waals surface area contributed by atoms with Crippen molar-refractivity contribution in [2.24, 2.45) is 5.92 Å². The van der Waals surface area contributed by atoms with Gasteiger partial charge in [0.25, 0.3) is 0 Å². The lowest BCUT2D eigenvalue weighted by Gasteiger charge is -2.41. The largest absolute Gasteiger partial charge is 0.494 e. The quantitative estimate of drug-likeness (QED) is 0.299. The van der Waals surface area contributed by atoms with Crippen molar-refractivity contribution in [3.63, 3.8) is 0 Å². The Hall–Kier alpha value is -3.32. The topological polar surface area (TPSA) is 68.2 Å². The van der Waals surface area contributed by atoms with Gasteiger partial charge in [0.05, 0.1) is 24.9 Å². The average molecular weight is 531 g/mol. The zero-order valence-corrected chi connectivity index (χ0v) is 22.8. The Balaban J connectivity index is 1.72. The minimum atomic E-state index is -1.77. The molecule has 2 N–H and O–H groups in total. The van der Waals surface area contributed by atoms with Crippen LogP contribution in [0.3, 0.4) is 0 Å². The number of benzene rings is 2. The highest BCUT2D eigenvalue weighted by atomic mass is 32.1. The number of fused-ring (bicyclic) bond motifs is 3. The molecule has 38 heavy (non-hydrogen) atoms. The molecule has 0 spiro atoms. The maximum absolute atomic E-state index is 12.7. The van der Waals surface area contributed by atoms with Crippen molar-refractivity contribution in [1.29, 1.82) is 0 Å². The highest BCUT2D eigenvalue weighted by Crippen LogP contribution is 2.67. The number of aliphatic hydroxyl groups is 2. The number of ether oxygens (including phenoxy) is 3. The molecule has 5 rings (SSSR count). The predicted molar refractivity (Wildman–Crippen MR) is 152 cm³/mol. The summed E-state index contributed by atoms with van der Waals surface area (Å²) in [5.41, 5.74) is 1.07. The minimum absolute atomic E-state index is 0.278. The van der Waals surface area contributed by atoms with Gasteiger partial charge in [-0.3, -0.25) is 0 Å². The van der Waals surface area contributed by atoms with Crippen LogP contribution in [0.25, 0.3) is 11.1 Å². The Kier molecular flexibility index (Phi) is 7.23. The Bertz CT molecular complexity index is 1360. The van der Waals surface area contributed by atoms with Gasteiger partial charge in [0, 0.05) is 18.1 Å². The number of hydrogen-bond acceptors (Lipinski definition) is 6. The van der Waals surface area contributed by atoms with Gasteiger partial charge in [-0.25, -0.2) is 0 Å². The van der Waals surface area contributed by atoms with Gasteiger partial charge in [0.1, 0.15) is 17.2 Å². The molecule has 1 aromatic heterocycles. The van der Waals surface area contributed by atoms with Crippen molar-refractivity contribution < 1.29 is 24.4 Å². The molecule has 2 heterocycles. The van der Waals surface area contributed by atoms with E-state index in [4.69, 9.17) is 14.2 Å². The molecule has 5 nitrogen and oxygen atoms in total. The number of rotatable bonds is 9. The monoisotopic (exact) mass is 530 g/mol. The van der Waals surface area contributed by atoms with Crippen molar-refractivity contribution in [2.75, 3.05) is 13.2 Å². The van der Waals surface area contributed by atoms with Crippen molar-refractivity contribution in [1.82, 2.24) is 0 Å². The van der Waals surface area contributed by atoms with Crippen molar-refractivity contribution in [2.45, 2.75) is 44.5 Å². The lowest BCUT2D eigenvalue weighted by Crippen LogP contribution is -2.52. The van der Waals surface area contributed by atoms with Crippen LogP contribution in [0.5, 0.6) is 17.2 Å². The van der Waals surface area contributed by atoms with E-state index in [1.165, 1.54) is 0 Å². The summed E-state index contributed by atoms with van der Waals surface area (Å²) in [5.74, 6) is 1.06. The molecule has 0 radical (unpaired) electrons. The SMILES string of the molecule is C=C(/C=C\C=C/C)[C@@H]1C[C@@H](O)[C@@]2(O)c3c(OCC)cc(OCC)cc3O[C@@]12c1ccc(-c2ccsc2)cc1. The summed E-state index contributed by atoms with van der Waals surface area (Å²) >= 11 is 1.65. The lowest BCUT2D eigenvalue weighted by atomic mass is 9.71. The minimum Gasteiger partial charge on any atom is -0.494 e. The van der Waals surface area contributed by atoms with Gasteiger partial charge in [-0.05, 0) is 66.3 Å². The molecule has 3 aromatic rings. The van der Waals surface area contributed by atoms with Crippen molar-refractivity contribution in [3.05, 3.63) is 101 Å². The molecule has 1 saturated carbocycles. The summed E-state index contributed by atoms with van der Waals surface area (Å²) in [6, 6.07) is 13.7. The second-order valence-electron chi connectivity index (χ2n) is 9.62. The van der Waals surface area contributed by atoms with Crippen LogP contribution in [-0.4, -0.2) is 29.5 Å². The second-order valence-corrected chi connectivity index (χ2v) is 10.4. The van der Waals surface area contributed by atoms with E-state index in [2.05, 4.69) is 18.0 Å². The highest BCUT2D eigenvalue weighted by molar-refractivity contribution is 7.08. The van der Waals surface area contributed by atoms with Crippen molar-refractivity contribution in [3.8, 4) is 28.4 Å². The molecular weight excluding hydrogens is 496 g/mol. The van der Waals surface area contributed by atoms with Gasteiger partial charge in [-0.1, -0.05) is 55.1 Å². The fraction of sp³-hybridized carbons (Fsp3) is 0.312. The van der Waals surface area contributed by atoms with E-state index in [1.807, 2.05) is 74.7 Å². The van der Waals surface area contributed by atoms with Crippen LogP contribution in [0.2, 0.25) is 0 Å². The van der Waals surface area contributed by atoms with E-state index in [1.54, 1.807) is 23.5 Å². The third-order valence-corrected chi connectivity index (χ3v) is 8.21. The molecule has 1 aliphatic carbocycles. The van der Waals surface area contributed by atoms with Crippen LogP contribution in [0.1, 0.15) is 38.3 Å². The Morgan fingerprint density at radius 3 is 2.53 bits per heavy atom. The number of allylic oxidation sites excluding steroid dienone is 4. The van der Waals surface area contributed by atoms with Gasteiger partial charge in [-0.2, -0.15) is 11.3 Å². The summed E-state index contributed by atoms with van der Waals surface area (Å²) in [7, 11) is 0. The summed E-state index contributed by atoms with van der Waals surface area (Å²) in [6.45, 7) is 11.0.